The molecule has 0 fully saturated rings. The normalized spacial score (nSPS) is 10.4. The lowest BCUT2D eigenvalue weighted by Crippen LogP contribution is -2.05. The Morgan fingerprint density at radius 3 is 2.50 bits per heavy atom. The van der Waals surface area contributed by atoms with Crippen LogP contribution in [0.1, 0.15) is 16.7 Å². The van der Waals surface area contributed by atoms with Crippen molar-refractivity contribution in [1.82, 2.24) is 10.3 Å². The first-order valence-corrected chi connectivity index (χ1v) is 6.03. The number of aromatic nitrogens is 1. The first kappa shape index (κ1) is 12.6. The van der Waals surface area contributed by atoms with Crippen LogP contribution in [-0.2, 0) is 6.54 Å². The molecule has 94 valence electrons. The van der Waals surface area contributed by atoms with Gasteiger partial charge in [0.05, 0.1) is 0 Å². The van der Waals surface area contributed by atoms with E-state index in [1.54, 1.807) is 6.20 Å². The zero-order valence-corrected chi connectivity index (χ0v) is 11.0. The van der Waals surface area contributed by atoms with Crippen LogP contribution >= 0.6 is 0 Å². The van der Waals surface area contributed by atoms with Gasteiger partial charge < -0.3 is 10.1 Å². The summed E-state index contributed by atoms with van der Waals surface area (Å²) in [5.74, 6) is 1.47. The van der Waals surface area contributed by atoms with Crippen molar-refractivity contribution < 1.29 is 4.74 Å². The molecule has 1 N–H and O–H groups in total. The molecule has 1 aromatic carbocycles. The van der Waals surface area contributed by atoms with E-state index < -0.39 is 0 Å². The Morgan fingerprint density at radius 1 is 1.11 bits per heavy atom. The summed E-state index contributed by atoms with van der Waals surface area (Å²) in [5, 5.41) is 3.11. The summed E-state index contributed by atoms with van der Waals surface area (Å²) in [6, 6.07) is 10.1. The number of hydrogen-bond donors (Lipinski definition) is 1. The van der Waals surface area contributed by atoms with E-state index in [9.17, 15) is 0 Å². The molecule has 0 saturated carbocycles. The van der Waals surface area contributed by atoms with Crippen molar-refractivity contribution in [1.29, 1.82) is 0 Å². The van der Waals surface area contributed by atoms with Crippen LogP contribution < -0.4 is 10.1 Å². The molecule has 0 spiro atoms. The van der Waals surface area contributed by atoms with Crippen molar-refractivity contribution in [2.75, 3.05) is 7.05 Å². The molecule has 0 saturated heterocycles. The standard InChI is InChI=1S/C15H18N2O/c1-11-6-12(2)8-14(7-11)18-15-9-13(10-16-3)4-5-17-15/h4-9,16H,10H2,1-3H3. The smallest absolute Gasteiger partial charge is 0.219 e. The SMILES string of the molecule is CNCc1ccnc(Oc2cc(C)cc(C)c2)c1. The molecule has 0 unspecified atom stereocenters. The van der Waals surface area contributed by atoms with Crippen LogP contribution in [0.2, 0.25) is 0 Å². The van der Waals surface area contributed by atoms with Gasteiger partial charge in [0, 0.05) is 18.8 Å². The fourth-order valence-electron chi connectivity index (χ4n) is 1.93. The van der Waals surface area contributed by atoms with E-state index >= 15 is 0 Å². The summed E-state index contributed by atoms with van der Waals surface area (Å²) in [4.78, 5) is 4.23. The minimum atomic E-state index is 0.632. The predicted octanol–water partition coefficient (Wildman–Crippen LogP) is 3.21. The average molecular weight is 242 g/mol. The van der Waals surface area contributed by atoms with E-state index in [2.05, 4.69) is 30.2 Å². The van der Waals surface area contributed by atoms with Gasteiger partial charge in [-0.25, -0.2) is 4.98 Å². The van der Waals surface area contributed by atoms with Gasteiger partial charge in [-0.15, -0.1) is 0 Å². The van der Waals surface area contributed by atoms with Crippen LogP contribution in [-0.4, -0.2) is 12.0 Å². The summed E-state index contributed by atoms with van der Waals surface area (Å²) >= 11 is 0. The lowest BCUT2D eigenvalue weighted by atomic mass is 10.1. The molecule has 0 aliphatic carbocycles. The quantitative estimate of drug-likeness (QED) is 0.894. The maximum absolute atomic E-state index is 5.79. The summed E-state index contributed by atoms with van der Waals surface area (Å²) in [6.45, 7) is 4.93. The molecule has 2 rings (SSSR count). The predicted molar refractivity (Wildman–Crippen MR) is 73.0 cm³/mol. The van der Waals surface area contributed by atoms with E-state index in [-0.39, 0.29) is 0 Å². The Balaban J connectivity index is 2.20. The molecule has 2 aromatic rings. The molecule has 1 heterocycles. The van der Waals surface area contributed by atoms with E-state index in [1.165, 1.54) is 11.1 Å². The Kier molecular flexibility index (Phi) is 3.95. The summed E-state index contributed by atoms with van der Waals surface area (Å²) in [6.07, 6.45) is 1.77. The van der Waals surface area contributed by atoms with Gasteiger partial charge in [0.2, 0.25) is 5.88 Å². The van der Waals surface area contributed by atoms with Crippen molar-refractivity contribution >= 4 is 0 Å². The number of benzene rings is 1. The highest BCUT2D eigenvalue weighted by Crippen LogP contribution is 2.22. The van der Waals surface area contributed by atoms with Crippen molar-refractivity contribution in [3.63, 3.8) is 0 Å². The van der Waals surface area contributed by atoms with Crippen LogP contribution in [0.4, 0.5) is 0 Å². The van der Waals surface area contributed by atoms with Crippen LogP contribution in [0.5, 0.6) is 11.6 Å². The molecule has 3 nitrogen and oxygen atoms in total. The maximum Gasteiger partial charge on any atom is 0.219 e. The Labute approximate surface area is 108 Å². The van der Waals surface area contributed by atoms with E-state index in [0.29, 0.717) is 5.88 Å². The topological polar surface area (TPSA) is 34.2 Å². The zero-order chi connectivity index (χ0) is 13.0. The highest BCUT2D eigenvalue weighted by Gasteiger charge is 2.01. The zero-order valence-electron chi connectivity index (χ0n) is 11.0. The summed E-state index contributed by atoms with van der Waals surface area (Å²) in [5.41, 5.74) is 3.54. The van der Waals surface area contributed by atoms with Crippen LogP contribution in [0.3, 0.4) is 0 Å². The van der Waals surface area contributed by atoms with Gasteiger partial charge in [0.15, 0.2) is 0 Å². The first-order valence-electron chi connectivity index (χ1n) is 6.03. The Morgan fingerprint density at radius 2 is 1.83 bits per heavy atom. The number of hydrogen-bond acceptors (Lipinski definition) is 3. The molecule has 3 heteroatoms. The van der Waals surface area contributed by atoms with Gasteiger partial charge in [0.1, 0.15) is 5.75 Å². The van der Waals surface area contributed by atoms with Crippen molar-refractivity contribution in [3.05, 3.63) is 53.2 Å². The van der Waals surface area contributed by atoms with Crippen molar-refractivity contribution in [2.45, 2.75) is 20.4 Å². The Hall–Kier alpha value is -1.87. The number of nitrogens with zero attached hydrogens (tertiary/aromatic N) is 1. The molecular formula is C15H18N2O. The second-order valence-corrected chi connectivity index (χ2v) is 4.46. The van der Waals surface area contributed by atoms with Gasteiger partial charge in [0.25, 0.3) is 0 Å². The van der Waals surface area contributed by atoms with E-state index in [0.717, 1.165) is 17.9 Å². The lowest BCUT2D eigenvalue weighted by Gasteiger charge is -2.08. The van der Waals surface area contributed by atoms with Crippen LogP contribution in [0.25, 0.3) is 0 Å². The van der Waals surface area contributed by atoms with Gasteiger partial charge in [-0.1, -0.05) is 6.07 Å². The molecule has 1 aromatic heterocycles. The number of pyridine rings is 1. The van der Waals surface area contributed by atoms with Gasteiger partial charge >= 0.3 is 0 Å². The molecule has 0 radical (unpaired) electrons. The fraction of sp³-hybridized carbons (Fsp3) is 0.267. The third kappa shape index (κ3) is 3.31. The highest BCUT2D eigenvalue weighted by molar-refractivity contribution is 5.35. The molecule has 0 aliphatic rings. The number of nitrogens with one attached hydrogen (secondary N) is 1. The second-order valence-electron chi connectivity index (χ2n) is 4.46. The van der Waals surface area contributed by atoms with E-state index in [4.69, 9.17) is 4.74 Å². The molecule has 0 aliphatic heterocycles. The number of ether oxygens (including phenoxy) is 1. The molecule has 0 bridgehead atoms. The summed E-state index contributed by atoms with van der Waals surface area (Å²) < 4.78 is 5.79. The van der Waals surface area contributed by atoms with Crippen LogP contribution in [0, 0.1) is 13.8 Å². The second kappa shape index (κ2) is 5.65. The number of aryl methyl sites for hydroxylation is 2. The maximum atomic E-state index is 5.79. The molecule has 18 heavy (non-hydrogen) atoms. The minimum Gasteiger partial charge on any atom is -0.439 e. The van der Waals surface area contributed by atoms with Crippen molar-refractivity contribution in [3.8, 4) is 11.6 Å². The summed E-state index contributed by atoms with van der Waals surface area (Å²) in [7, 11) is 1.92. The monoisotopic (exact) mass is 242 g/mol. The molecule has 0 atom stereocenters. The fourth-order valence-corrected chi connectivity index (χ4v) is 1.93. The molecule has 0 amide bonds. The third-order valence-electron chi connectivity index (χ3n) is 2.60. The highest BCUT2D eigenvalue weighted by atomic mass is 16.5. The van der Waals surface area contributed by atoms with Gasteiger partial charge in [-0.3, -0.25) is 0 Å². The van der Waals surface area contributed by atoms with E-state index in [1.807, 2.05) is 31.3 Å². The van der Waals surface area contributed by atoms with Gasteiger partial charge in [-0.05, 0) is 55.8 Å². The van der Waals surface area contributed by atoms with Crippen LogP contribution in [0.15, 0.2) is 36.5 Å². The Bertz CT molecular complexity index is 518. The minimum absolute atomic E-state index is 0.632. The van der Waals surface area contributed by atoms with Gasteiger partial charge in [-0.2, -0.15) is 0 Å². The first-order chi connectivity index (χ1) is 8.67. The average Bonchev–Trinajstić information content (AvgIpc) is 2.28. The lowest BCUT2D eigenvalue weighted by molar-refractivity contribution is 0.461. The van der Waals surface area contributed by atoms with Crippen molar-refractivity contribution in [2.24, 2.45) is 0 Å². The molecular weight excluding hydrogens is 224 g/mol. The largest absolute Gasteiger partial charge is 0.439 e. The third-order valence-corrected chi connectivity index (χ3v) is 2.60. The number of rotatable bonds is 4.